The molecule has 1 fully saturated rings. The second-order valence-electron chi connectivity index (χ2n) is 4.61. The number of carbonyl (C=O) groups is 2. The predicted octanol–water partition coefficient (Wildman–Crippen LogP) is 0.508. The van der Waals surface area contributed by atoms with E-state index in [1.165, 1.54) is 11.3 Å². The quantitative estimate of drug-likeness (QED) is 0.754. The van der Waals surface area contributed by atoms with Crippen LogP contribution in [0.15, 0.2) is 0 Å². The number of carbonyl (C=O) groups excluding carboxylic acids is 2. The average Bonchev–Trinajstić information content (AvgIpc) is 2.86. The van der Waals surface area contributed by atoms with Gasteiger partial charge in [-0.05, 0) is 19.3 Å². The summed E-state index contributed by atoms with van der Waals surface area (Å²) in [6, 6.07) is -0.416. The molecule has 0 spiro atoms. The summed E-state index contributed by atoms with van der Waals surface area (Å²) in [6.07, 6.45) is 2.53. The van der Waals surface area contributed by atoms with Crippen molar-refractivity contribution in [2.45, 2.75) is 25.3 Å². The number of likely N-dealkylation sites (tertiary alicyclic amines) is 1. The SMILES string of the molecule is CNC(=O)C1CCCCN1C(=O)c1sc(NC)nc1N. The van der Waals surface area contributed by atoms with Crippen LogP contribution in [0.1, 0.15) is 28.9 Å². The Morgan fingerprint density at radius 2 is 2.15 bits per heavy atom. The molecule has 1 aromatic heterocycles. The van der Waals surface area contributed by atoms with Crippen molar-refractivity contribution in [1.29, 1.82) is 0 Å². The highest BCUT2D eigenvalue weighted by molar-refractivity contribution is 7.18. The summed E-state index contributed by atoms with van der Waals surface area (Å²) >= 11 is 1.21. The van der Waals surface area contributed by atoms with E-state index in [0.717, 1.165) is 12.8 Å². The highest BCUT2D eigenvalue weighted by atomic mass is 32.1. The number of nitrogens with two attached hydrogens (primary N) is 1. The molecule has 1 saturated heterocycles. The lowest BCUT2D eigenvalue weighted by molar-refractivity contribution is -0.126. The van der Waals surface area contributed by atoms with Crippen LogP contribution in [-0.4, -0.2) is 48.4 Å². The number of thiazole rings is 1. The lowest BCUT2D eigenvalue weighted by atomic mass is 10.0. The predicted molar refractivity (Wildman–Crippen MR) is 78.8 cm³/mol. The van der Waals surface area contributed by atoms with Crippen molar-refractivity contribution in [2.75, 3.05) is 31.7 Å². The van der Waals surface area contributed by atoms with Crippen LogP contribution in [0.4, 0.5) is 10.9 Å². The first kappa shape index (κ1) is 14.6. The number of aromatic nitrogens is 1. The standard InChI is InChI=1S/C12H19N5O2S/c1-14-10(18)7-5-3-4-6-17(7)11(19)8-9(13)16-12(15-2)20-8/h7H,3-6,13H2,1-2H3,(H,14,18)(H,15,16). The van der Waals surface area contributed by atoms with E-state index in [9.17, 15) is 9.59 Å². The van der Waals surface area contributed by atoms with E-state index in [1.807, 2.05) is 0 Å². The fourth-order valence-electron chi connectivity index (χ4n) is 2.34. The van der Waals surface area contributed by atoms with Gasteiger partial charge in [-0.25, -0.2) is 4.98 Å². The van der Waals surface area contributed by atoms with Gasteiger partial charge in [-0.2, -0.15) is 0 Å². The first-order valence-electron chi connectivity index (χ1n) is 6.55. The third-order valence-corrected chi connectivity index (χ3v) is 4.45. The molecule has 2 heterocycles. The normalized spacial score (nSPS) is 18.7. The second-order valence-corrected chi connectivity index (χ2v) is 5.61. The van der Waals surface area contributed by atoms with Crippen molar-refractivity contribution in [3.63, 3.8) is 0 Å². The number of nitrogens with zero attached hydrogens (tertiary/aromatic N) is 2. The van der Waals surface area contributed by atoms with E-state index in [0.29, 0.717) is 23.0 Å². The molecule has 1 aromatic rings. The average molecular weight is 297 g/mol. The maximum atomic E-state index is 12.6. The molecule has 20 heavy (non-hydrogen) atoms. The summed E-state index contributed by atoms with van der Waals surface area (Å²) < 4.78 is 0. The van der Waals surface area contributed by atoms with Gasteiger partial charge in [0.15, 0.2) is 5.13 Å². The Bertz CT molecular complexity index is 516. The van der Waals surface area contributed by atoms with Crippen LogP contribution in [0.5, 0.6) is 0 Å². The third kappa shape index (κ3) is 2.69. The molecule has 2 amide bonds. The monoisotopic (exact) mass is 297 g/mol. The number of nitrogen functional groups attached to an aromatic ring is 1. The van der Waals surface area contributed by atoms with E-state index in [-0.39, 0.29) is 17.6 Å². The molecule has 1 aliphatic rings. The van der Waals surface area contributed by atoms with Crippen molar-refractivity contribution in [1.82, 2.24) is 15.2 Å². The second kappa shape index (κ2) is 6.08. The van der Waals surface area contributed by atoms with Gasteiger partial charge in [-0.15, -0.1) is 0 Å². The number of hydrogen-bond acceptors (Lipinski definition) is 6. The van der Waals surface area contributed by atoms with Crippen LogP contribution in [-0.2, 0) is 4.79 Å². The number of rotatable bonds is 3. The molecule has 0 bridgehead atoms. The molecular weight excluding hydrogens is 278 g/mol. The Labute approximate surface area is 121 Å². The van der Waals surface area contributed by atoms with E-state index in [1.54, 1.807) is 19.0 Å². The van der Waals surface area contributed by atoms with Crippen LogP contribution in [0.2, 0.25) is 0 Å². The van der Waals surface area contributed by atoms with Crippen LogP contribution < -0.4 is 16.4 Å². The van der Waals surface area contributed by atoms with Crippen molar-refractivity contribution < 1.29 is 9.59 Å². The molecule has 1 aliphatic heterocycles. The fraction of sp³-hybridized carbons (Fsp3) is 0.583. The zero-order valence-corrected chi connectivity index (χ0v) is 12.4. The first-order valence-corrected chi connectivity index (χ1v) is 7.36. The third-order valence-electron chi connectivity index (χ3n) is 3.37. The van der Waals surface area contributed by atoms with Gasteiger partial charge in [0.25, 0.3) is 5.91 Å². The molecule has 4 N–H and O–H groups in total. The largest absolute Gasteiger partial charge is 0.382 e. The van der Waals surface area contributed by atoms with E-state index >= 15 is 0 Å². The maximum Gasteiger partial charge on any atom is 0.268 e. The molecule has 2 rings (SSSR count). The van der Waals surface area contributed by atoms with Gasteiger partial charge in [0.05, 0.1) is 0 Å². The number of nitrogens with one attached hydrogen (secondary N) is 2. The number of amides is 2. The minimum atomic E-state index is -0.416. The van der Waals surface area contributed by atoms with Crippen LogP contribution in [0, 0.1) is 0 Å². The highest BCUT2D eigenvalue weighted by Crippen LogP contribution is 2.28. The van der Waals surface area contributed by atoms with E-state index < -0.39 is 6.04 Å². The first-order chi connectivity index (χ1) is 9.58. The fourth-order valence-corrected chi connectivity index (χ4v) is 3.13. The minimum absolute atomic E-state index is 0.130. The topological polar surface area (TPSA) is 100 Å². The molecule has 0 saturated carbocycles. The van der Waals surface area contributed by atoms with Gasteiger partial charge in [-0.1, -0.05) is 11.3 Å². The zero-order chi connectivity index (χ0) is 14.7. The number of hydrogen-bond donors (Lipinski definition) is 3. The Hall–Kier alpha value is -1.83. The van der Waals surface area contributed by atoms with Crippen molar-refractivity contribution in [2.24, 2.45) is 0 Å². The van der Waals surface area contributed by atoms with Crippen LogP contribution in [0.3, 0.4) is 0 Å². The van der Waals surface area contributed by atoms with Gasteiger partial charge in [0.1, 0.15) is 16.7 Å². The van der Waals surface area contributed by atoms with Gasteiger partial charge in [0, 0.05) is 20.6 Å². The summed E-state index contributed by atoms with van der Waals surface area (Å²) in [6.45, 7) is 0.573. The summed E-state index contributed by atoms with van der Waals surface area (Å²) in [5.74, 6) is -0.129. The molecule has 1 unspecified atom stereocenters. The van der Waals surface area contributed by atoms with E-state index in [2.05, 4.69) is 15.6 Å². The summed E-state index contributed by atoms with van der Waals surface area (Å²) in [5.41, 5.74) is 5.79. The molecule has 8 heteroatoms. The Kier molecular flexibility index (Phi) is 4.43. The summed E-state index contributed by atoms with van der Waals surface area (Å²) in [4.78, 5) is 30.6. The van der Waals surface area contributed by atoms with E-state index in [4.69, 9.17) is 5.73 Å². The number of anilines is 2. The maximum absolute atomic E-state index is 12.6. The Balaban J connectivity index is 2.25. The summed E-state index contributed by atoms with van der Waals surface area (Å²) in [7, 11) is 3.31. The Morgan fingerprint density at radius 3 is 2.75 bits per heavy atom. The van der Waals surface area contributed by atoms with Crippen molar-refractivity contribution in [3.8, 4) is 0 Å². The molecule has 1 atom stereocenters. The highest BCUT2D eigenvalue weighted by Gasteiger charge is 2.33. The molecule has 110 valence electrons. The lowest BCUT2D eigenvalue weighted by Crippen LogP contribution is -2.51. The number of likely N-dealkylation sites (N-methyl/N-ethyl adjacent to an activating group) is 1. The van der Waals surface area contributed by atoms with Gasteiger partial charge in [0.2, 0.25) is 5.91 Å². The molecule has 7 nitrogen and oxygen atoms in total. The van der Waals surface area contributed by atoms with Crippen molar-refractivity contribution >= 4 is 34.1 Å². The molecule has 0 radical (unpaired) electrons. The molecule has 0 aromatic carbocycles. The summed E-state index contributed by atoms with van der Waals surface area (Å²) in [5, 5.41) is 6.08. The Morgan fingerprint density at radius 1 is 1.40 bits per heavy atom. The van der Waals surface area contributed by atoms with Gasteiger partial charge >= 0.3 is 0 Å². The lowest BCUT2D eigenvalue weighted by Gasteiger charge is -2.34. The molecule has 0 aliphatic carbocycles. The minimum Gasteiger partial charge on any atom is -0.382 e. The smallest absolute Gasteiger partial charge is 0.268 e. The van der Waals surface area contributed by atoms with Gasteiger partial charge in [-0.3, -0.25) is 9.59 Å². The molecular formula is C12H19N5O2S. The zero-order valence-electron chi connectivity index (χ0n) is 11.6. The van der Waals surface area contributed by atoms with Crippen LogP contribution in [0.25, 0.3) is 0 Å². The van der Waals surface area contributed by atoms with Crippen LogP contribution >= 0.6 is 11.3 Å². The number of piperidine rings is 1. The van der Waals surface area contributed by atoms with Crippen molar-refractivity contribution in [3.05, 3.63) is 4.88 Å². The van der Waals surface area contributed by atoms with Gasteiger partial charge < -0.3 is 21.3 Å².